The zero-order valence-corrected chi connectivity index (χ0v) is 23.7. The number of aromatic nitrogens is 1. The Morgan fingerprint density at radius 3 is 2.59 bits per heavy atom. The average molecular weight is 538 g/mol. The van der Waals surface area contributed by atoms with Crippen molar-refractivity contribution in [2.45, 2.75) is 91.3 Å². The van der Waals surface area contributed by atoms with Crippen molar-refractivity contribution in [1.29, 1.82) is 0 Å². The fourth-order valence-electron chi connectivity index (χ4n) is 8.54. The summed E-state index contributed by atoms with van der Waals surface area (Å²) in [5.41, 5.74) is 4.60. The van der Waals surface area contributed by atoms with Crippen LogP contribution >= 0.6 is 0 Å². The van der Waals surface area contributed by atoms with Gasteiger partial charge in [0.2, 0.25) is 0 Å². The van der Waals surface area contributed by atoms with E-state index in [0.29, 0.717) is 24.2 Å². The Bertz CT molecular complexity index is 1130. The van der Waals surface area contributed by atoms with Crippen molar-refractivity contribution in [3.05, 3.63) is 47.8 Å². The summed E-state index contributed by atoms with van der Waals surface area (Å²) in [7, 11) is 0. The number of fused-ring (bicyclic) bond motifs is 5. The van der Waals surface area contributed by atoms with Crippen LogP contribution in [0.3, 0.4) is 0 Å². The fraction of sp³-hybridized carbons (Fsp3) is 0.656. The van der Waals surface area contributed by atoms with Gasteiger partial charge in [-0.25, -0.2) is 9.59 Å². The molecule has 0 spiro atoms. The topological polar surface area (TPSA) is 95.0 Å². The Kier molecular flexibility index (Phi) is 7.80. The Balaban J connectivity index is 1.31. The van der Waals surface area contributed by atoms with Crippen LogP contribution in [-0.4, -0.2) is 41.2 Å². The van der Waals surface area contributed by atoms with E-state index in [1.165, 1.54) is 29.6 Å². The van der Waals surface area contributed by atoms with E-state index < -0.39 is 18.4 Å². The van der Waals surface area contributed by atoms with Crippen LogP contribution in [0, 0.1) is 34.5 Å². The van der Waals surface area contributed by atoms with Gasteiger partial charge in [-0.2, -0.15) is 0 Å². The Morgan fingerprint density at radius 2 is 1.87 bits per heavy atom. The highest BCUT2D eigenvalue weighted by Crippen LogP contribution is 2.66. The number of pyridine rings is 1. The maximum Gasteiger partial charge on any atom is 0.508 e. The molecule has 0 bridgehead atoms. The Hall–Kier alpha value is -2.83. The molecule has 2 fully saturated rings. The molecule has 0 saturated heterocycles. The van der Waals surface area contributed by atoms with Crippen molar-refractivity contribution in [2.75, 3.05) is 6.61 Å². The normalized spacial score (nSPS) is 34.1. The van der Waals surface area contributed by atoms with Gasteiger partial charge in [0.1, 0.15) is 6.10 Å². The minimum Gasteiger partial charge on any atom is -0.450 e. The molecule has 0 aliphatic heterocycles. The maximum atomic E-state index is 12.4. The second kappa shape index (κ2) is 11.0. The van der Waals surface area contributed by atoms with E-state index in [4.69, 9.17) is 19.3 Å². The molecule has 7 heteroatoms. The molecule has 4 aliphatic carbocycles. The molecule has 0 radical (unpaired) electrons. The quantitative estimate of drug-likeness (QED) is 0.282. The van der Waals surface area contributed by atoms with Gasteiger partial charge in [-0.3, -0.25) is 4.98 Å². The average Bonchev–Trinajstić information content (AvgIpc) is 3.25. The molecule has 0 aromatic carbocycles. The SMILES string of the molecule is CC(C)OC(=O)OC(CCOC(=O)O)[C@H]1CC[C@@]2(C)C(=CCC3C2CC[C@]2(C)C(c4cccnc4)=CCC32)C1. The predicted octanol–water partition coefficient (Wildman–Crippen LogP) is 7.67. The van der Waals surface area contributed by atoms with Crippen LogP contribution in [0.5, 0.6) is 0 Å². The smallest absolute Gasteiger partial charge is 0.450 e. The van der Waals surface area contributed by atoms with Crippen LogP contribution in [0.4, 0.5) is 9.59 Å². The molecule has 2 saturated carbocycles. The van der Waals surface area contributed by atoms with Gasteiger partial charge in [0, 0.05) is 18.8 Å². The molecule has 1 N–H and O–H groups in total. The van der Waals surface area contributed by atoms with Crippen LogP contribution in [0.1, 0.15) is 84.6 Å². The van der Waals surface area contributed by atoms with Crippen molar-refractivity contribution in [2.24, 2.45) is 34.5 Å². The zero-order chi connectivity index (χ0) is 27.8. The lowest BCUT2D eigenvalue weighted by molar-refractivity contribution is -0.0453. The molecule has 7 nitrogen and oxygen atoms in total. The van der Waals surface area contributed by atoms with Crippen molar-refractivity contribution < 1.29 is 28.9 Å². The zero-order valence-electron chi connectivity index (χ0n) is 23.7. The lowest BCUT2D eigenvalue weighted by atomic mass is 9.46. The van der Waals surface area contributed by atoms with E-state index in [0.717, 1.165) is 32.1 Å². The number of nitrogens with zero attached hydrogens (tertiary/aromatic N) is 1. The van der Waals surface area contributed by atoms with Crippen LogP contribution in [0.25, 0.3) is 5.57 Å². The first kappa shape index (κ1) is 27.7. The third kappa shape index (κ3) is 5.33. The molecular weight excluding hydrogens is 494 g/mol. The van der Waals surface area contributed by atoms with E-state index >= 15 is 0 Å². The lowest BCUT2D eigenvalue weighted by Crippen LogP contribution is -2.50. The van der Waals surface area contributed by atoms with E-state index in [2.05, 4.69) is 37.0 Å². The van der Waals surface area contributed by atoms with Crippen molar-refractivity contribution >= 4 is 17.9 Å². The van der Waals surface area contributed by atoms with Gasteiger partial charge in [-0.15, -0.1) is 0 Å². The maximum absolute atomic E-state index is 12.4. The summed E-state index contributed by atoms with van der Waals surface area (Å²) < 4.78 is 15.8. The van der Waals surface area contributed by atoms with E-state index in [1.807, 2.05) is 18.5 Å². The van der Waals surface area contributed by atoms with Gasteiger partial charge >= 0.3 is 12.3 Å². The van der Waals surface area contributed by atoms with Gasteiger partial charge in [0.05, 0.1) is 12.7 Å². The summed E-state index contributed by atoms with van der Waals surface area (Å²) in [5.74, 6) is 2.08. The number of carbonyl (C=O) groups is 2. The molecule has 1 heterocycles. The monoisotopic (exact) mass is 537 g/mol. The Morgan fingerprint density at radius 1 is 1.08 bits per heavy atom. The minimum atomic E-state index is -1.31. The van der Waals surface area contributed by atoms with Gasteiger partial charge in [-0.1, -0.05) is 37.6 Å². The first-order chi connectivity index (χ1) is 18.6. The summed E-state index contributed by atoms with van der Waals surface area (Å²) >= 11 is 0. The first-order valence-electron chi connectivity index (χ1n) is 14.7. The number of rotatable bonds is 7. The van der Waals surface area contributed by atoms with Crippen LogP contribution < -0.4 is 0 Å². The molecule has 4 unspecified atom stereocenters. The van der Waals surface area contributed by atoms with E-state index in [9.17, 15) is 9.59 Å². The summed E-state index contributed by atoms with van der Waals surface area (Å²) in [6.07, 6.45) is 14.0. The second-order valence-corrected chi connectivity index (χ2v) is 12.8. The highest BCUT2D eigenvalue weighted by molar-refractivity contribution is 5.72. The van der Waals surface area contributed by atoms with Crippen molar-refractivity contribution in [1.82, 2.24) is 4.98 Å². The lowest BCUT2D eigenvalue weighted by Gasteiger charge is -2.58. The molecule has 7 atom stereocenters. The number of ether oxygens (including phenoxy) is 3. The third-order valence-electron chi connectivity index (χ3n) is 10.4. The molecule has 0 amide bonds. The number of hydrogen-bond acceptors (Lipinski definition) is 6. The van der Waals surface area contributed by atoms with Gasteiger partial charge < -0.3 is 19.3 Å². The number of carbonyl (C=O) groups excluding carboxylic acids is 1. The summed E-state index contributed by atoms with van der Waals surface area (Å²) in [6.45, 7) is 8.52. The molecule has 5 rings (SSSR count). The summed E-state index contributed by atoms with van der Waals surface area (Å²) in [5, 5.41) is 8.93. The Labute approximate surface area is 232 Å². The van der Waals surface area contributed by atoms with Gasteiger partial charge in [-0.05, 0) is 110 Å². The summed E-state index contributed by atoms with van der Waals surface area (Å²) in [4.78, 5) is 27.7. The van der Waals surface area contributed by atoms with Crippen molar-refractivity contribution in [3.63, 3.8) is 0 Å². The molecule has 1 aromatic heterocycles. The first-order valence-corrected chi connectivity index (χ1v) is 14.7. The molecular formula is C32H43NO6. The van der Waals surface area contributed by atoms with E-state index in [1.54, 1.807) is 13.8 Å². The number of carboxylic acid groups (broad SMARTS) is 1. The van der Waals surface area contributed by atoms with Gasteiger partial charge in [0.25, 0.3) is 0 Å². The molecule has 39 heavy (non-hydrogen) atoms. The van der Waals surface area contributed by atoms with Crippen molar-refractivity contribution in [3.8, 4) is 0 Å². The largest absolute Gasteiger partial charge is 0.508 e. The number of hydrogen-bond donors (Lipinski definition) is 1. The molecule has 212 valence electrons. The van der Waals surface area contributed by atoms with Crippen LogP contribution in [-0.2, 0) is 14.2 Å². The summed E-state index contributed by atoms with van der Waals surface area (Å²) in [6, 6.07) is 4.25. The highest BCUT2D eigenvalue weighted by Gasteiger charge is 2.57. The predicted molar refractivity (Wildman–Crippen MR) is 148 cm³/mol. The fourth-order valence-corrected chi connectivity index (χ4v) is 8.54. The standard InChI is InChI=1S/C32H43NO6/c1-20(2)38-30(36)39-28(13-17-37-29(34)35)21-11-14-31(3)23(18-21)7-8-24-26-10-9-25(22-6-5-16-33-19-22)32(26,4)15-12-27(24)31/h5-7,9,16,19-21,24,26-28H,8,10-15,17-18H2,1-4H3,(H,34,35)/t21-,24?,26?,27?,28?,31-,32+/m0/s1. The van der Waals surface area contributed by atoms with E-state index in [-0.39, 0.29) is 29.5 Å². The second-order valence-electron chi connectivity index (χ2n) is 12.8. The highest BCUT2D eigenvalue weighted by atomic mass is 16.7. The van der Waals surface area contributed by atoms with Crippen LogP contribution in [0.15, 0.2) is 42.3 Å². The molecule has 4 aliphatic rings. The van der Waals surface area contributed by atoms with Gasteiger partial charge in [0.15, 0.2) is 0 Å². The third-order valence-corrected chi connectivity index (χ3v) is 10.4. The minimum absolute atomic E-state index is 0.000989. The van der Waals surface area contributed by atoms with Crippen LogP contribution in [0.2, 0.25) is 0 Å². The number of allylic oxidation sites excluding steroid dienone is 4. The molecule has 1 aromatic rings.